The molecule has 88 valence electrons. The highest BCUT2D eigenvalue weighted by Crippen LogP contribution is 2.41. The van der Waals surface area contributed by atoms with Crippen LogP contribution in [0.4, 0.5) is 0 Å². The van der Waals surface area contributed by atoms with Crippen molar-refractivity contribution in [1.82, 2.24) is 15.3 Å². The molecule has 1 atom stereocenters. The van der Waals surface area contributed by atoms with E-state index in [-0.39, 0.29) is 6.10 Å². The fourth-order valence-corrected chi connectivity index (χ4v) is 1.78. The average Bonchev–Trinajstić information content (AvgIpc) is 3.13. The number of methoxy groups -OCH3 is 1. The van der Waals surface area contributed by atoms with Crippen molar-refractivity contribution in [3.05, 3.63) is 23.8 Å². The number of hydrogen-bond acceptors (Lipinski definition) is 4. The standard InChI is InChI=1S/C12H19N3O/c1-3-13-6-9-7-14-12(15-8-9)11(16-2)10-4-5-10/h7-8,10-11,13H,3-6H2,1-2H3. The monoisotopic (exact) mass is 221 g/mol. The van der Waals surface area contributed by atoms with Crippen LogP contribution < -0.4 is 5.32 Å². The number of aromatic nitrogens is 2. The summed E-state index contributed by atoms with van der Waals surface area (Å²) in [6.07, 6.45) is 6.34. The second kappa shape index (κ2) is 5.37. The van der Waals surface area contributed by atoms with E-state index in [9.17, 15) is 0 Å². The van der Waals surface area contributed by atoms with Gasteiger partial charge in [0.2, 0.25) is 0 Å². The topological polar surface area (TPSA) is 47.0 Å². The third-order valence-corrected chi connectivity index (χ3v) is 2.86. The normalized spacial score (nSPS) is 17.4. The van der Waals surface area contributed by atoms with Crippen LogP contribution in [0.5, 0.6) is 0 Å². The molecular weight excluding hydrogens is 202 g/mol. The molecule has 0 saturated heterocycles. The van der Waals surface area contributed by atoms with Gasteiger partial charge in [0, 0.05) is 31.6 Å². The lowest BCUT2D eigenvalue weighted by Crippen LogP contribution is -2.14. The fraction of sp³-hybridized carbons (Fsp3) is 0.667. The Bertz CT molecular complexity index is 322. The van der Waals surface area contributed by atoms with Gasteiger partial charge in [0.1, 0.15) is 6.10 Å². The third-order valence-electron chi connectivity index (χ3n) is 2.86. The second-order valence-corrected chi connectivity index (χ2v) is 4.22. The van der Waals surface area contributed by atoms with Gasteiger partial charge in [-0.1, -0.05) is 6.92 Å². The minimum Gasteiger partial charge on any atom is -0.373 e. The van der Waals surface area contributed by atoms with E-state index in [0.29, 0.717) is 5.92 Å². The molecule has 0 spiro atoms. The molecule has 1 aromatic heterocycles. The molecular formula is C12H19N3O. The first-order valence-electron chi connectivity index (χ1n) is 5.89. The zero-order valence-electron chi connectivity index (χ0n) is 9.94. The van der Waals surface area contributed by atoms with Crippen molar-refractivity contribution >= 4 is 0 Å². The van der Waals surface area contributed by atoms with Gasteiger partial charge in [0.25, 0.3) is 0 Å². The van der Waals surface area contributed by atoms with Gasteiger partial charge in [-0.2, -0.15) is 0 Å². The lowest BCUT2D eigenvalue weighted by Gasteiger charge is -2.12. The Labute approximate surface area is 96.4 Å². The highest BCUT2D eigenvalue weighted by atomic mass is 16.5. The Hall–Kier alpha value is -1.00. The van der Waals surface area contributed by atoms with E-state index in [1.807, 2.05) is 12.4 Å². The summed E-state index contributed by atoms with van der Waals surface area (Å²) in [5.74, 6) is 1.45. The summed E-state index contributed by atoms with van der Waals surface area (Å²) in [6.45, 7) is 3.88. The van der Waals surface area contributed by atoms with E-state index in [1.165, 1.54) is 12.8 Å². The lowest BCUT2D eigenvalue weighted by molar-refractivity contribution is 0.0771. The van der Waals surface area contributed by atoms with E-state index >= 15 is 0 Å². The van der Waals surface area contributed by atoms with Crippen LogP contribution in [-0.2, 0) is 11.3 Å². The van der Waals surface area contributed by atoms with Crippen molar-refractivity contribution < 1.29 is 4.74 Å². The molecule has 0 bridgehead atoms. The second-order valence-electron chi connectivity index (χ2n) is 4.22. The molecule has 16 heavy (non-hydrogen) atoms. The fourth-order valence-electron chi connectivity index (χ4n) is 1.78. The van der Waals surface area contributed by atoms with Crippen LogP contribution in [0.2, 0.25) is 0 Å². The maximum absolute atomic E-state index is 5.44. The largest absolute Gasteiger partial charge is 0.373 e. The van der Waals surface area contributed by atoms with E-state index in [1.54, 1.807) is 7.11 Å². The lowest BCUT2D eigenvalue weighted by atomic mass is 10.2. The van der Waals surface area contributed by atoms with Crippen LogP contribution in [0, 0.1) is 5.92 Å². The zero-order valence-corrected chi connectivity index (χ0v) is 9.94. The van der Waals surface area contributed by atoms with Gasteiger partial charge in [0.15, 0.2) is 5.82 Å². The molecule has 2 rings (SSSR count). The zero-order chi connectivity index (χ0) is 11.4. The molecule has 0 aromatic carbocycles. The number of nitrogens with zero attached hydrogens (tertiary/aromatic N) is 2. The van der Waals surface area contributed by atoms with Gasteiger partial charge >= 0.3 is 0 Å². The molecule has 1 N–H and O–H groups in total. The van der Waals surface area contributed by atoms with Gasteiger partial charge in [0.05, 0.1) is 0 Å². The quantitative estimate of drug-likeness (QED) is 0.794. The van der Waals surface area contributed by atoms with Gasteiger partial charge in [-0.15, -0.1) is 0 Å². The Balaban J connectivity index is 1.99. The van der Waals surface area contributed by atoms with Gasteiger partial charge in [-0.05, 0) is 25.3 Å². The molecule has 4 heteroatoms. The molecule has 1 aliphatic carbocycles. The smallest absolute Gasteiger partial charge is 0.157 e. The van der Waals surface area contributed by atoms with Crippen molar-refractivity contribution in [2.45, 2.75) is 32.4 Å². The molecule has 1 heterocycles. The first kappa shape index (κ1) is 11.5. The average molecular weight is 221 g/mol. The molecule has 0 amide bonds. The Morgan fingerprint density at radius 2 is 2.12 bits per heavy atom. The van der Waals surface area contributed by atoms with Crippen molar-refractivity contribution in [2.24, 2.45) is 5.92 Å². The minimum absolute atomic E-state index is 0.0909. The van der Waals surface area contributed by atoms with E-state index in [2.05, 4.69) is 22.2 Å². The minimum atomic E-state index is 0.0909. The summed E-state index contributed by atoms with van der Waals surface area (Å²) in [4.78, 5) is 8.78. The van der Waals surface area contributed by atoms with Crippen molar-refractivity contribution in [3.8, 4) is 0 Å². The maximum atomic E-state index is 5.44. The number of hydrogen-bond donors (Lipinski definition) is 1. The van der Waals surface area contributed by atoms with E-state index < -0.39 is 0 Å². The molecule has 1 saturated carbocycles. The Morgan fingerprint density at radius 3 is 2.62 bits per heavy atom. The third kappa shape index (κ3) is 2.77. The first-order chi connectivity index (χ1) is 7.85. The maximum Gasteiger partial charge on any atom is 0.157 e. The Kier molecular flexibility index (Phi) is 3.85. The molecule has 0 radical (unpaired) electrons. The summed E-state index contributed by atoms with van der Waals surface area (Å²) in [5, 5.41) is 3.25. The highest BCUT2D eigenvalue weighted by molar-refractivity contribution is 5.07. The van der Waals surface area contributed by atoms with Crippen LogP contribution in [-0.4, -0.2) is 23.6 Å². The summed E-state index contributed by atoms with van der Waals surface area (Å²) < 4.78 is 5.44. The molecule has 4 nitrogen and oxygen atoms in total. The highest BCUT2D eigenvalue weighted by Gasteiger charge is 2.34. The molecule has 1 aromatic rings. The van der Waals surface area contributed by atoms with Gasteiger partial charge < -0.3 is 10.1 Å². The number of nitrogens with one attached hydrogen (secondary N) is 1. The summed E-state index contributed by atoms with van der Waals surface area (Å²) in [6, 6.07) is 0. The molecule has 0 aliphatic heterocycles. The predicted octanol–water partition coefficient (Wildman–Crippen LogP) is 1.68. The summed E-state index contributed by atoms with van der Waals surface area (Å²) in [5.41, 5.74) is 1.12. The molecule has 1 aliphatic rings. The summed E-state index contributed by atoms with van der Waals surface area (Å²) >= 11 is 0. The van der Waals surface area contributed by atoms with E-state index in [0.717, 1.165) is 24.5 Å². The number of ether oxygens (including phenoxy) is 1. The van der Waals surface area contributed by atoms with E-state index in [4.69, 9.17) is 4.74 Å². The molecule has 1 unspecified atom stereocenters. The van der Waals surface area contributed by atoms with Crippen LogP contribution in [0.15, 0.2) is 12.4 Å². The van der Waals surface area contributed by atoms with Crippen LogP contribution in [0.25, 0.3) is 0 Å². The SMILES string of the molecule is CCNCc1cnc(C(OC)C2CC2)nc1. The van der Waals surface area contributed by atoms with Crippen LogP contribution in [0.1, 0.15) is 37.3 Å². The van der Waals surface area contributed by atoms with Crippen LogP contribution in [0.3, 0.4) is 0 Å². The van der Waals surface area contributed by atoms with Crippen molar-refractivity contribution in [2.75, 3.05) is 13.7 Å². The van der Waals surface area contributed by atoms with Crippen molar-refractivity contribution in [3.63, 3.8) is 0 Å². The Morgan fingerprint density at radius 1 is 1.44 bits per heavy atom. The van der Waals surface area contributed by atoms with Crippen LogP contribution >= 0.6 is 0 Å². The van der Waals surface area contributed by atoms with Crippen molar-refractivity contribution in [1.29, 1.82) is 0 Å². The predicted molar refractivity (Wildman–Crippen MR) is 61.9 cm³/mol. The first-order valence-corrected chi connectivity index (χ1v) is 5.89. The van der Waals surface area contributed by atoms with Gasteiger partial charge in [-0.25, -0.2) is 9.97 Å². The number of rotatable bonds is 6. The van der Waals surface area contributed by atoms with Gasteiger partial charge in [-0.3, -0.25) is 0 Å². The molecule has 1 fully saturated rings. The summed E-state index contributed by atoms with van der Waals surface area (Å²) in [7, 11) is 1.74.